The van der Waals surface area contributed by atoms with Gasteiger partial charge in [-0.1, -0.05) is 0 Å². The lowest BCUT2D eigenvalue weighted by Crippen LogP contribution is -2.33. The van der Waals surface area contributed by atoms with Gasteiger partial charge in [0.05, 0.1) is 12.4 Å². The molecule has 0 aromatic carbocycles. The molecular formula is C14H17F2IN6. The Morgan fingerprint density at radius 3 is 2.87 bits per heavy atom. The van der Waals surface area contributed by atoms with Gasteiger partial charge in [0.15, 0.2) is 5.65 Å². The van der Waals surface area contributed by atoms with E-state index in [1.807, 2.05) is 0 Å². The minimum atomic E-state index is -2.45. The number of rotatable bonds is 3. The second kappa shape index (κ2) is 6.08. The van der Waals surface area contributed by atoms with Crippen molar-refractivity contribution in [2.75, 3.05) is 31.1 Å². The molecule has 2 aliphatic rings. The molecule has 0 bridgehead atoms. The number of aromatic nitrogens is 4. The fourth-order valence-corrected chi connectivity index (χ4v) is 4.35. The molecule has 2 fully saturated rings. The minimum Gasteiger partial charge on any atom is -0.355 e. The second-order valence-electron chi connectivity index (χ2n) is 6.24. The predicted molar refractivity (Wildman–Crippen MR) is 90.7 cm³/mol. The highest BCUT2D eigenvalue weighted by Gasteiger charge is 2.37. The van der Waals surface area contributed by atoms with Crippen molar-refractivity contribution in [1.82, 2.24) is 22.9 Å². The summed E-state index contributed by atoms with van der Waals surface area (Å²) in [6.45, 7) is 3.70. The zero-order valence-electron chi connectivity index (χ0n) is 12.4. The number of anilines is 1. The Labute approximate surface area is 146 Å². The zero-order valence-corrected chi connectivity index (χ0v) is 14.6. The molecule has 0 aliphatic carbocycles. The van der Waals surface area contributed by atoms with Gasteiger partial charge in [0.1, 0.15) is 17.9 Å². The van der Waals surface area contributed by atoms with Gasteiger partial charge in [-0.15, -0.1) is 0 Å². The van der Waals surface area contributed by atoms with Crippen LogP contribution in [-0.2, 0) is 6.54 Å². The maximum atomic E-state index is 12.6. The normalized spacial score (nSPS) is 25.5. The van der Waals surface area contributed by atoms with E-state index in [4.69, 9.17) is 0 Å². The van der Waals surface area contributed by atoms with Crippen LogP contribution < -0.4 is 4.90 Å². The molecule has 0 N–H and O–H groups in total. The summed E-state index contributed by atoms with van der Waals surface area (Å²) in [6, 6.07) is 0. The monoisotopic (exact) mass is 434 g/mol. The third-order valence-corrected chi connectivity index (χ3v) is 5.60. The highest BCUT2D eigenvalue weighted by molar-refractivity contribution is 14.1. The van der Waals surface area contributed by atoms with Crippen LogP contribution in [-0.4, -0.2) is 55.5 Å². The summed E-state index contributed by atoms with van der Waals surface area (Å²) in [4.78, 5) is 11.1. The fraction of sp³-hybridized carbons (Fsp3) is 0.643. The Kier molecular flexibility index (Phi) is 4.08. The molecule has 0 amide bonds. The van der Waals surface area contributed by atoms with Crippen LogP contribution in [0.2, 0.25) is 0 Å². The molecule has 0 saturated carbocycles. The smallest absolute Gasteiger partial charge is 0.258 e. The van der Waals surface area contributed by atoms with Crippen molar-refractivity contribution < 1.29 is 8.78 Å². The van der Waals surface area contributed by atoms with E-state index in [1.165, 1.54) is 17.3 Å². The number of alkyl halides is 2. The lowest BCUT2D eigenvalue weighted by atomic mass is 9.90. The topological polar surface area (TPSA) is 50.1 Å². The third kappa shape index (κ3) is 3.00. The van der Waals surface area contributed by atoms with Gasteiger partial charge in [-0.25, -0.2) is 26.5 Å². The molecule has 2 aromatic rings. The highest BCUT2D eigenvalue weighted by atomic mass is 127. The highest BCUT2D eigenvalue weighted by Crippen LogP contribution is 2.34. The summed E-state index contributed by atoms with van der Waals surface area (Å²) in [5.74, 6) is 2.09. The average Bonchev–Trinajstić information content (AvgIpc) is 3.10. The Bertz CT molecular complexity index is 708. The number of piperidine rings is 1. The number of fused-ring (bicyclic) bond motifs is 2. The standard InChI is InChI=1S/C14H17F2IN6/c15-12(16)8-23-14-11(3-19-23)18-4-13(20-14)21-5-9-1-2-22(17)7-10(9)6-21/h3-4,9-10,12H,1-2,5-8H2/t9-,10-/m1/s1. The molecule has 124 valence electrons. The minimum absolute atomic E-state index is 0.438. The van der Waals surface area contributed by atoms with E-state index >= 15 is 0 Å². The van der Waals surface area contributed by atoms with Crippen molar-refractivity contribution >= 4 is 39.8 Å². The zero-order chi connectivity index (χ0) is 16.0. The second-order valence-corrected chi connectivity index (χ2v) is 7.60. The van der Waals surface area contributed by atoms with Crippen molar-refractivity contribution in [3.8, 4) is 0 Å². The molecule has 0 unspecified atom stereocenters. The van der Waals surface area contributed by atoms with E-state index in [-0.39, 0.29) is 0 Å². The molecule has 6 nitrogen and oxygen atoms in total. The summed E-state index contributed by atoms with van der Waals surface area (Å²) in [7, 11) is 0. The SMILES string of the molecule is FC(F)Cn1ncc2ncc(N3C[C@H]4CCN(I)C[C@H]4C3)nc21. The van der Waals surface area contributed by atoms with Gasteiger partial charge in [0, 0.05) is 49.0 Å². The quantitative estimate of drug-likeness (QED) is 0.548. The summed E-state index contributed by atoms with van der Waals surface area (Å²) in [5, 5.41) is 3.97. The Balaban J connectivity index is 1.59. The van der Waals surface area contributed by atoms with Gasteiger partial charge >= 0.3 is 0 Å². The van der Waals surface area contributed by atoms with Gasteiger partial charge < -0.3 is 4.90 Å². The Hall–Kier alpha value is -1.10. The lowest BCUT2D eigenvalue weighted by molar-refractivity contribution is 0.123. The Morgan fingerprint density at radius 2 is 2.04 bits per heavy atom. The van der Waals surface area contributed by atoms with Gasteiger partial charge in [0.25, 0.3) is 6.43 Å². The van der Waals surface area contributed by atoms with Crippen molar-refractivity contribution in [3.05, 3.63) is 12.4 Å². The average molecular weight is 434 g/mol. The number of hydrogen-bond donors (Lipinski definition) is 0. The first kappa shape index (κ1) is 15.4. The number of hydrogen-bond acceptors (Lipinski definition) is 5. The van der Waals surface area contributed by atoms with Gasteiger partial charge in [-0.2, -0.15) is 5.10 Å². The maximum absolute atomic E-state index is 12.6. The molecule has 4 rings (SSSR count). The predicted octanol–water partition coefficient (Wildman–Crippen LogP) is 2.20. The van der Waals surface area contributed by atoms with Crippen LogP contribution in [0.3, 0.4) is 0 Å². The first-order chi connectivity index (χ1) is 11.1. The largest absolute Gasteiger partial charge is 0.355 e. The van der Waals surface area contributed by atoms with Crippen LogP contribution >= 0.6 is 22.9 Å². The van der Waals surface area contributed by atoms with Gasteiger partial charge in [-0.3, -0.25) is 0 Å². The van der Waals surface area contributed by atoms with Crippen molar-refractivity contribution in [1.29, 1.82) is 0 Å². The van der Waals surface area contributed by atoms with Crippen LogP contribution in [0, 0.1) is 11.8 Å². The van der Waals surface area contributed by atoms with E-state index in [2.05, 4.69) is 45.9 Å². The summed E-state index contributed by atoms with van der Waals surface area (Å²) in [5.41, 5.74) is 0.998. The van der Waals surface area contributed by atoms with Crippen molar-refractivity contribution in [2.24, 2.45) is 11.8 Å². The summed E-state index contributed by atoms with van der Waals surface area (Å²) < 4.78 is 28.9. The lowest BCUT2D eigenvalue weighted by Gasteiger charge is -2.29. The molecule has 2 saturated heterocycles. The molecular weight excluding hydrogens is 417 g/mol. The molecule has 2 aromatic heterocycles. The fourth-order valence-electron chi connectivity index (χ4n) is 3.57. The van der Waals surface area contributed by atoms with E-state index in [0.29, 0.717) is 23.0 Å². The van der Waals surface area contributed by atoms with E-state index in [0.717, 1.165) is 32.0 Å². The summed E-state index contributed by atoms with van der Waals surface area (Å²) >= 11 is 2.39. The molecule has 23 heavy (non-hydrogen) atoms. The van der Waals surface area contributed by atoms with Crippen molar-refractivity contribution in [2.45, 2.75) is 19.4 Å². The van der Waals surface area contributed by atoms with Gasteiger partial charge in [-0.05, 0) is 18.3 Å². The number of halogens is 3. The first-order valence-corrected chi connectivity index (χ1v) is 8.69. The van der Waals surface area contributed by atoms with Crippen molar-refractivity contribution in [3.63, 3.8) is 0 Å². The Morgan fingerprint density at radius 1 is 1.22 bits per heavy atom. The van der Waals surface area contributed by atoms with E-state index in [1.54, 1.807) is 6.20 Å². The molecule has 4 heterocycles. The van der Waals surface area contributed by atoms with Crippen LogP contribution in [0.15, 0.2) is 12.4 Å². The first-order valence-electron chi connectivity index (χ1n) is 7.72. The van der Waals surface area contributed by atoms with Crippen LogP contribution in [0.4, 0.5) is 14.6 Å². The molecule has 9 heteroatoms. The van der Waals surface area contributed by atoms with E-state index < -0.39 is 13.0 Å². The maximum Gasteiger partial charge on any atom is 0.258 e. The molecule has 0 spiro atoms. The molecule has 2 atom stereocenters. The van der Waals surface area contributed by atoms with Crippen LogP contribution in [0.25, 0.3) is 11.2 Å². The third-order valence-electron chi connectivity index (χ3n) is 4.72. The van der Waals surface area contributed by atoms with Crippen LogP contribution in [0.5, 0.6) is 0 Å². The van der Waals surface area contributed by atoms with Crippen LogP contribution in [0.1, 0.15) is 6.42 Å². The van der Waals surface area contributed by atoms with Gasteiger partial charge in [0.2, 0.25) is 0 Å². The molecule has 0 radical (unpaired) electrons. The molecule has 2 aliphatic heterocycles. The summed E-state index contributed by atoms with van der Waals surface area (Å²) in [6.07, 6.45) is 1.97. The number of nitrogens with zero attached hydrogens (tertiary/aromatic N) is 6. The van der Waals surface area contributed by atoms with E-state index in [9.17, 15) is 8.78 Å².